The molecule has 86 valence electrons. The highest BCUT2D eigenvalue weighted by molar-refractivity contribution is 8.00. The van der Waals surface area contributed by atoms with E-state index >= 15 is 0 Å². The number of aliphatic imine (C=N–C) groups is 1. The topological polar surface area (TPSA) is 41.6 Å². The first-order chi connectivity index (χ1) is 7.08. The Bertz CT molecular complexity index is 277. The van der Waals surface area contributed by atoms with Gasteiger partial charge in [-0.05, 0) is 32.4 Å². The molecule has 0 radical (unpaired) electrons. The molecule has 2 aliphatic heterocycles. The third kappa shape index (κ3) is 1.63. The molecule has 2 atom stereocenters. The predicted molar refractivity (Wildman–Crippen MR) is 67.3 cm³/mol. The number of rotatable bonds is 1. The maximum atomic E-state index is 6.01. The highest BCUT2D eigenvalue weighted by atomic mass is 32.2. The van der Waals surface area contributed by atoms with Gasteiger partial charge in [0.1, 0.15) is 0 Å². The van der Waals surface area contributed by atoms with Gasteiger partial charge in [0.2, 0.25) is 0 Å². The summed E-state index contributed by atoms with van der Waals surface area (Å²) in [5, 5.41) is 0.637. The highest BCUT2D eigenvalue weighted by Crippen LogP contribution is 2.41. The van der Waals surface area contributed by atoms with E-state index in [9.17, 15) is 0 Å². The van der Waals surface area contributed by atoms with E-state index in [0.29, 0.717) is 11.3 Å². The van der Waals surface area contributed by atoms with Crippen LogP contribution in [0.1, 0.15) is 33.6 Å². The lowest BCUT2D eigenvalue weighted by molar-refractivity contribution is 0.148. The summed E-state index contributed by atoms with van der Waals surface area (Å²) in [6, 6.07) is 0.456. The van der Waals surface area contributed by atoms with Gasteiger partial charge in [0.05, 0.1) is 12.1 Å². The Kier molecular flexibility index (Phi) is 2.88. The molecule has 15 heavy (non-hydrogen) atoms. The summed E-state index contributed by atoms with van der Waals surface area (Å²) >= 11 is 2.07. The first-order valence-corrected chi connectivity index (χ1v) is 6.83. The number of hydrogen-bond donors (Lipinski definition) is 1. The van der Waals surface area contributed by atoms with E-state index in [1.165, 1.54) is 18.6 Å². The molecule has 0 aliphatic carbocycles. The molecule has 0 aromatic carbocycles. The van der Waals surface area contributed by atoms with Gasteiger partial charge in [0.25, 0.3) is 0 Å². The van der Waals surface area contributed by atoms with E-state index in [1.54, 1.807) is 0 Å². The average molecular weight is 227 g/mol. The van der Waals surface area contributed by atoms with Gasteiger partial charge in [-0.3, -0.25) is 4.99 Å². The number of hydrogen-bond acceptors (Lipinski definition) is 4. The van der Waals surface area contributed by atoms with E-state index in [2.05, 4.69) is 42.4 Å². The van der Waals surface area contributed by atoms with Crippen LogP contribution < -0.4 is 5.73 Å². The van der Waals surface area contributed by atoms with Crippen LogP contribution in [-0.2, 0) is 0 Å². The van der Waals surface area contributed by atoms with Gasteiger partial charge in [-0.2, -0.15) is 11.8 Å². The van der Waals surface area contributed by atoms with E-state index in [4.69, 9.17) is 5.73 Å². The molecule has 1 fully saturated rings. The smallest absolute Gasteiger partial charge is 0.192 e. The van der Waals surface area contributed by atoms with Crippen LogP contribution in [0.2, 0.25) is 0 Å². The zero-order chi connectivity index (χ0) is 11.1. The second-order valence-electron chi connectivity index (χ2n) is 4.86. The molecule has 3 nitrogen and oxygen atoms in total. The first-order valence-electron chi connectivity index (χ1n) is 5.79. The highest BCUT2D eigenvalue weighted by Gasteiger charge is 2.48. The van der Waals surface area contributed by atoms with Crippen molar-refractivity contribution in [3.05, 3.63) is 0 Å². The third-order valence-electron chi connectivity index (χ3n) is 3.64. The van der Waals surface area contributed by atoms with Gasteiger partial charge >= 0.3 is 0 Å². The van der Waals surface area contributed by atoms with Gasteiger partial charge < -0.3 is 10.6 Å². The Morgan fingerprint density at radius 2 is 2.33 bits per heavy atom. The summed E-state index contributed by atoms with van der Waals surface area (Å²) in [6.45, 7) is 7.64. The number of nitrogens with zero attached hydrogens (tertiary/aromatic N) is 2. The molecule has 2 aliphatic rings. The van der Waals surface area contributed by atoms with Crippen molar-refractivity contribution in [2.24, 2.45) is 10.7 Å². The maximum absolute atomic E-state index is 6.01. The van der Waals surface area contributed by atoms with Crippen LogP contribution >= 0.6 is 11.8 Å². The second kappa shape index (κ2) is 3.89. The third-order valence-corrected chi connectivity index (χ3v) is 5.10. The van der Waals surface area contributed by atoms with Gasteiger partial charge in [-0.25, -0.2) is 0 Å². The Morgan fingerprint density at radius 3 is 2.93 bits per heavy atom. The summed E-state index contributed by atoms with van der Waals surface area (Å²) in [6.07, 6.45) is 2.53. The molecule has 4 heteroatoms. The van der Waals surface area contributed by atoms with Gasteiger partial charge in [0, 0.05) is 11.3 Å². The van der Waals surface area contributed by atoms with Crippen LogP contribution in [0.3, 0.4) is 0 Å². The Morgan fingerprint density at radius 1 is 1.60 bits per heavy atom. The molecule has 2 rings (SSSR count). The lowest BCUT2D eigenvalue weighted by Gasteiger charge is -2.48. The van der Waals surface area contributed by atoms with E-state index < -0.39 is 0 Å². The van der Waals surface area contributed by atoms with Crippen molar-refractivity contribution in [2.75, 3.05) is 12.3 Å². The van der Waals surface area contributed by atoms with Crippen molar-refractivity contribution < 1.29 is 0 Å². The van der Waals surface area contributed by atoms with Crippen LogP contribution in [0, 0.1) is 0 Å². The fourth-order valence-electron chi connectivity index (χ4n) is 2.90. The van der Waals surface area contributed by atoms with Crippen molar-refractivity contribution in [3.63, 3.8) is 0 Å². The normalized spacial score (nSPS) is 36.4. The second-order valence-corrected chi connectivity index (χ2v) is 6.31. The minimum absolute atomic E-state index is 0.209. The molecule has 0 amide bonds. The van der Waals surface area contributed by atoms with E-state index in [-0.39, 0.29) is 5.54 Å². The molecule has 0 saturated carbocycles. The van der Waals surface area contributed by atoms with Crippen LogP contribution in [0.25, 0.3) is 0 Å². The Balaban J connectivity index is 2.27. The van der Waals surface area contributed by atoms with Crippen molar-refractivity contribution in [1.82, 2.24) is 4.90 Å². The molecule has 2 N–H and O–H groups in total. The molecular formula is C11H21N3S. The number of thioether (sulfide) groups is 1. The molecule has 0 bridgehead atoms. The molecule has 0 aromatic rings. The monoisotopic (exact) mass is 227 g/mol. The fourth-order valence-corrected chi connectivity index (χ4v) is 4.18. The maximum Gasteiger partial charge on any atom is 0.192 e. The zero-order valence-corrected chi connectivity index (χ0v) is 10.7. The molecular weight excluding hydrogens is 206 g/mol. The van der Waals surface area contributed by atoms with Crippen LogP contribution in [0.5, 0.6) is 0 Å². The van der Waals surface area contributed by atoms with Crippen molar-refractivity contribution in [3.8, 4) is 0 Å². The summed E-state index contributed by atoms with van der Waals surface area (Å²) in [4.78, 5) is 6.82. The largest absolute Gasteiger partial charge is 0.370 e. The van der Waals surface area contributed by atoms with Crippen LogP contribution in [0.4, 0.5) is 0 Å². The van der Waals surface area contributed by atoms with Gasteiger partial charge in [-0.1, -0.05) is 6.92 Å². The first kappa shape index (κ1) is 11.1. The summed E-state index contributed by atoms with van der Waals surface area (Å²) in [5.41, 5.74) is 6.22. The number of nitrogens with two attached hydrogens (primary N) is 1. The molecule has 1 spiro atoms. The summed E-state index contributed by atoms with van der Waals surface area (Å²) in [5.74, 6) is 2.04. The zero-order valence-electron chi connectivity index (χ0n) is 9.86. The molecule has 2 unspecified atom stereocenters. The van der Waals surface area contributed by atoms with Crippen LogP contribution in [-0.4, -0.2) is 40.0 Å². The molecule has 0 aromatic heterocycles. The van der Waals surface area contributed by atoms with Gasteiger partial charge in [0.15, 0.2) is 5.96 Å². The molecule has 1 saturated heterocycles. The van der Waals surface area contributed by atoms with Gasteiger partial charge in [-0.15, -0.1) is 0 Å². The average Bonchev–Trinajstić information content (AvgIpc) is 2.50. The lowest BCUT2D eigenvalue weighted by atomic mass is 9.87. The standard InChI is InChI=1S/C11H21N3S/c1-8(2)14-10(12)13-7-11(14)5-4-6-15-9(11)3/h8-9H,4-7H2,1-3H3,(H2,12,13). The van der Waals surface area contributed by atoms with Crippen molar-refractivity contribution in [2.45, 2.75) is 50.4 Å². The predicted octanol–water partition coefficient (Wildman–Crippen LogP) is 1.68. The summed E-state index contributed by atoms with van der Waals surface area (Å²) in [7, 11) is 0. The lowest BCUT2D eigenvalue weighted by Crippen LogP contribution is -2.60. The van der Waals surface area contributed by atoms with Crippen LogP contribution in [0.15, 0.2) is 4.99 Å². The molecule has 2 heterocycles. The summed E-state index contributed by atoms with van der Waals surface area (Å²) < 4.78 is 0. The Labute approximate surface area is 96.5 Å². The number of guanidine groups is 1. The SMILES string of the molecule is CC(C)N1C(N)=NCC12CCCSC2C. The quantitative estimate of drug-likeness (QED) is 0.741. The fraction of sp³-hybridized carbons (Fsp3) is 0.909. The Hall–Kier alpha value is -0.380. The minimum Gasteiger partial charge on any atom is -0.370 e. The van der Waals surface area contributed by atoms with Crippen molar-refractivity contribution >= 4 is 17.7 Å². The van der Waals surface area contributed by atoms with E-state index in [0.717, 1.165) is 12.5 Å². The van der Waals surface area contributed by atoms with Crippen molar-refractivity contribution in [1.29, 1.82) is 0 Å². The minimum atomic E-state index is 0.209. The van der Waals surface area contributed by atoms with E-state index in [1.807, 2.05) is 0 Å².